The van der Waals surface area contributed by atoms with E-state index in [1.165, 1.54) is 0 Å². The van der Waals surface area contributed by atoms with Gasteiger partial charge >= 0.3 is 0 Å². The molecule has 3 unspecified atom stereocenters. The molecule has 2 rings (SSSR count). The maximum Gasteiger partial charge on any atom is 0.135 e. The molecule has 3 nitrogen and oxygen atoms in total. The molecule has 84 valence electrons. The van der Waals surface area contributed by atoms with E-state index in [1.807, 2.05) is 6.92 Å². The average molecular weight is 247 g/mol. The number of hydrogen-bond donors (Lipinski definition) is 0. The van der Waals surface area contributed by atoms with Crippen LogP contribution in [0.3, 0.4) is 0 Å². The molecular formula is C10H15ClN2OS. The van der Waals surface area contributed by atoms with Crippen molar-refractivity contribution in [1.29, 1.82) is 0 Å². The van der Waals surface area contributed by atoms with Crippen molar-refractivity contribution in [2.75, 3.05) is 6.61 Å². The molecule has 15 heavy (non-hydrogen) atoms. The van der Waals surface area contributed by atoms with E-state index in [9.17, 15) is 0 Å². The molecule has 1 fully saturated rings. The van der Waals surface area contributed by atoms with E-state index in [-0.39, 0.29) is 5.38 Å². The normalized spacial score (nSPS) is 28.2. The van der Waals surface area contributed by atoms with Crippen LogP contribution in [0.1, 0.15) is 48.0 Å². The van der Waals surface area contributed by atoms with Gasteiger partial charge in [-0.2, -0.15) is 0 Å². The zero-order valence-electron chi connectivity index (χ0n) is 8.94. The number of aromatic nitrogens is 2. The molecule has 1 saturated heterocycles. The smallest absolute Gasteiger partial charge is 0.135 e. The minimum Gasteiger partial charge on any atom is -0.377 e. The molecule has 0 bridgehead atoms. The lowest BCUT2D eigenvalue weighted by atomic mass is 10.0. The van der Waals surface area contributed by atoms with Gasteiger partial charge < -0.3 is 4.74 Å². The Kier molecular flexibility index (Phi) is 3.59. The summed E-state index contributed by atoms with van der Waals surface area (Å²) in [5.41, 5.74) is 0. The van der Waals surface area contributed by atoms with Crippen molar-refractivity contribution in [3.8, 4) is 0 Å². The number of ether oxygens (including phenoxy) is 1. The van der Waals surface area contributed by atoms with Gasteiger partial charge in [0, 0.05) is 12.5 Å². The van der Waals surface area contributed by atoms with E-state index in [2.05, 4.69) is 17.1 Å². The van der Waals surface area contributed by atoms with Crippen LogP contribution in [0.2, 0.25) is 0 Å². The second-order valence-electron chi connectivity index (χ2n) is 3.81. The fourth-order valence-corrected chi connectivity index (χ4v) is 3.03. The lowest BCUT2D eigenvalue weighted by Gasteiger charge is -2.12. The molecule has 0 saturated carbocycles. The molecule has 1 aliphatic rings. The van der Waals surface area contributed by atoms with Gasteiger partial charge in [0.05, 0.1) is 11.5 Å². The molecular weight excluding hydrogens is 232 g/mol. The van der Waals surface area contributed by atoms with Crippen LogP contribution in [0.4, 0.5) is 0 Å². The van der Waals surface area contributed by atoms with Crippen molar-refractivity contribution in [1.82, 2.24) is 10.2 Å². The molecule has 0 aromatic carbocycles. The average Bonchev–Trinajstić information content (AvgIpc) is 2.85. The van der Waals surface area contributed by atoms with Gasteiger partial charge in [-0.15, -0.1) is 21.8 Å². The lowest BCUT2D eigenvalue weighted by Crippen LogP contribution is -2.12. The van der Waals surface area contributed by atoms with Crippen LogP contribution < -0.4 is 0 Å². The van der Waals surface area contributed by atoms with Crippen LogP contribution in [-0.4, -0.2) is 22.9 Å². The van der Waals surface area contributed by atoms with Crippen LogP contribution in [0.25, 0.3) is 0 Å². The van der Waals surface area contributed by atoms with E-state index in [0.29, 0.717) is 12.0 Å². The van der Waals surface area contributed by atoms with Gasteiger partial charge in [0.15, 0.2) is 0 Å². The molecule has 0 radical (unpaired) electrons. The van der Waals surface area contributed by atoms with Gasteiger partial charge in [-0.05, 0) is 19.8 Å². The first-order valence-corrected chi connectivity index (χ1v) is 6.56. The van der Waals surface area contributed by atoms with Gasteiger partial charge in [0.25, 0.3) is 0 Å². The Morgan fingerprint density at radius 1 is 1.60 bits per heavy atom. The van der Waals surface area contributed by atoms with Gasteiger partial charge in [0.1, 0.15) is 10.0 Å². The van der Waals surface area contributed by atoms with E-state index in [1.54, 1.807) is 11.3 Å². The maximum atomic E-state index is 5.97. The van der Waals surface area contributed by atoms with Crippen LogP contribution in [0.15, 0.2) is 0 Å². The van der Waals surface area contributed by atoms with Crippen LogP contribution in [0, 0.1) is 0 Å². The standard InChI is InChI=1S/C10H15ClN2OS/c1-3-8-7(4-5-14-8)10-13-12-9(15-10)6(2)11/h6-8H,3-5H2,1-2H3. The summed E-state index contributed by atoms with van der Waals surface area (Å²) in [5.74, 6) is 0.427. The fraction of sp³-hybridized carbons (Fsp3) is 0.800. The molecule has 5 heteroatoms. The Labute approximate surface area is 98.8 Å². The third-order valence-electron chi connectivity index (χ3n) is 2.73. The zero-order valence-corrected chi connectivity index (χ0v) is 10.5. The summed E-state index contributed by atoms with van der Waals surface area (Å²) in [4.78, 5) is 0. The number of halogens is 1. The Morgan fingerprint density at radius 3 is 3.00 bits per heavy atom. The highest BCUT2D eigenvalue weighted by Gasteiger charge is 2.31. The van der Waals surface area contributed by atoms with Crippen LogP contribution in [0.5, 0.6) is 0 Å². The first-order valence-electron chi connectivity index (χ1n) is 5.31. The van der Waals surface area contributed by atoms with Gasteiger partial charge in [-0.25, -0.2) is 0 Å². The van der Waals surface area contributed by atoms with Crippen molar-refractivity contribution in [2.24, 2.45) is 0 Å². The van der Waals surface area contributed by atoms with Crippen molar-refractivity contribution in [3.63, 3.8) is 0 Å². The predicted molar refractivity (Wildman–Crippen MR) is 61.6 cm³/mol. The first-order chi connectivity index (χ1) is 7.22. The Balaban J connectivity index is 2.14. The highest BCUT2D eigenvalue weighted by atomic mass is 35.5. The molecule has 3 atom stereocenters. The Morgan fingerprint density at radius 2 is 2.40 bits per heavy atom. The third kappa shape index (κ3) is 2.32. The molecule has 0 spiro atoms. The number of nitrogens with zero attached hydrogens (tertiary/aromatic N) is 2. The molecule has 0 aliphatic carbocycles. The molecule has 0 N–H and O–H groups in total. The molecule has 1 aromatic rings. The van der Waals surface area contributed by atoms with Crippen molar-refractivity contribution >= 4 is 22.9 Å². The van der Waals surface area contributed by atoms with Crippen molar-refractivity contribution < 1.29 is 4.74 Å². The highest BCUT2D eigenvalue weighted by molar-refractivity contribution is 7.11. The minimum absolute atomic E-state index is 0.0429. The quantitative estimate of drug-likeness (QED) is 0.769. The number of rotatable bonds is 3. The summed E-state index contributed by atoms with van der Waals surface area (Å²) in [5, 5.41) is 10.3. The summed E-state index contributed by atoms with van der Waals surface area (Å²) >= 11 is 7.59. The first kappa shape index (κ1) is 11.3. The molecule has 1 aliphatic heterocycles. The molecule has 1 aromatic heterocycles. The summed E-state index contributed by atoms with van der Waals surface area (Å²) in [6, 6.07) is 0. The van der Waals surface area contributed by atoms with Crippen molar-refractivity contribution in [3.05, 3.63) is 10.0 Å². The zero-order chi connectivity index (χ0) is 10.8. The van der Waals surface area contributed by atoms with Crippen LogP contribution >= 0.6 is 22.9 Å². The Hall–Kier alpha value is -0.190. The van der Waals surface area contributed by atoms with E-state index >= 15 is 0 Å². The minimum atomic E-state index is -0.0429. The number of hydrogen-bond acceptors (Lipinski definition) is 4. The Bertz CT molecular complexity index is 329. The summed E-state index contributed by atoms with van der Waals surface area (Å²) in [7, 11) is 0. The third-order valence-corrected chi connectivity index (χ3v) is 4.30. The number of alkyl halides is 1. The molecule has 2 heterocycles. The topological polar surface area (TPSA) is 35.0 Å². The second kappa shape index (κ2) is 4.76. The lowest BCUT2D eigenvalue weighted by molar-refractivity contribution is 0.100. The maximum absolute atomic E-state index is 5.97. The largest absolute Gasteiger partial charge is 0.377 e. The predicted octanol–water partition coefficient (Wildman–Crippen LogP) is 3.12. The van der Waals surface area contributed by atoms with Gasteiger partial charge in [0.2, 0.25) is 0 Å². The fourth-order valence-electron chi connectivity index (χ4n) is 1.89. The summed E-state index contributed by atoms with van der Waals surface area (Å²) in [6.45, 7) is 4.91. The van der Waals surface area contributed by atoms with E-state index < -0.39 is 0 Å². The van der Waals surface area contributed by atoms with E-state index in [4.69, 9.17) is 16.3 Å². The molecule has 0 amide bonds. The van der Waals surface area contributed by atoms with E-state index in [0.717, 1.165) is 29.5 Å². The monoisotopic (exact) mass is 246 g/mol. The second-order valence-corrected chi connectivity index (χ2v) is 5.50. The highest BCUT2D eigenvalue weighted by Crippen LogP contribution is 2.36. The van der Waals surface area contributed by atoms with Gasteiger partial charge in [-0.3, -0.25) is 0 Å². The summed E-state index contributed by atoms with van der Waals surface area (Å²) < 4.78 is 5.64. The SMILES string of the molecule is CCC1OCCC1c1nnc(C(C)Cl)s1. The summed E-state index contributed by atoms with van der Waals surface area (Å²) in [6.07, 6.45) is 2.41. The van der Waals surface area contributed by atoms with Crippen LogP contribution in [-0.2, 0) is 4.74 Å². The van der Waals surface area contributed by atoms with Gasteiger partial charge in [-0.1, -0.05) is 18.3 Å². The van der Waals surface area contributed by atoms with Crippen molar-refractivity contribution in [2.45, 2.75) is 44.1 Å².